The number of alkyl halides is 1. The van der Waals surface area contributed by atoms with Crippen molar-refractivity contribution in [2.24, 2.45) is 11.8 Å². The Hall–Kier alpha value is -2.80. The number of benzene rings is 1. The molecule has 5 N–H and O–H groups in total. The molecule has 3 fully saturated rings. The van der Waals surface area contributed by atoms with Crippen molar-refractivity contribution >= 4 is 51.5 Å². The highest BCUT2D eigenvalue weighted by Gasteiger charge is 2.41. The normalized spacial score (nSPS) is 25.9. The number of carbonyl (C=O) groups excluding carboxylic acids is 2. The highest BCUT2D eigenvalue weighted by atomic mass is 35.5. The maximum atomic E-state index is 13.3. The molecular formula is C24H30ClN7O4S. The second-order valence-electron chi connectivity index (χ2n) is 9.87. The van der Waals surface area contributed by atoms with Crippen molar-refractivity contribution < 1.29 is 19.5 Å². The van der Waals surface area contributed by atoms with Crippen molar-refractivity contribution in [3.05, 3.63) is 23.8 Å². The van der Waals surface area contributed by atoms with Crippen LogP contribution in [0.15, 0.2) is 18.2 Å². The number of aromatic nitrogens is 2. The van der Waals surface area contributed by atoms with E-state index in [1.165, 1.54) is 18.3 Å². The third-order valence-corrected chi connectivity index (χ3v) is 8.87. The van der Waals surface area contributed by atoms with Gasteiger partial charge in [0.05, 0.1) is 11.3 Å². The number of carboxylic acids is 1. The SMILES string of the molecule is CC(=O)Nc1cc(C(=O)N2CCC(C(=O)O)CC2)cc(-c2nnc(NC3CCC4NNCC4C3Cl)s2)c1. The van der Waals surface area contributed by atoms with E-state index in [1.807, 2.05) is 0 Å². The first kappa shape index (κ1) is 25.8. The number of aliphatic carboxylic acids is 1. The number of halogens is 1. The van der Waals surface area contributed by atoms with Gasteiger partial charge in [0, 0.05) is 61.4 Å². The lowest BCUT2D eigenvalue weighted by molar-refractivity contribution is -0.143. The Balaban J connectivity index is 1.34. The molecule has 4 atom stereocenters. The van der Waals surface area contributed by atoms with Crippen LogP contribution in [0.3, 0.4) is 0 Å². The van der Waals surface area contributed by atoms with Crippen molar-refractivity contribution in [3.63, 3.8) is 0 Å². The molecule has 2 aromatic rings. The molecule has 1 aromatic carbocycles. The maximum Gasteiger partial charge on any atom is 0.306 e. The van der Waals surface area contributed by atoms with E-state index in [-0.39, 0.29) is 23.2 Å². The highest BCUT2D eigenvalue weighted by molar-refractivity contribution is 7.18. The van der Waals surface area contributed by atoms with Crippen LogP contribution < -0.4 is 21.5 Å². The van der Waals surface area contributed by atoms with E-state index in [1.54, 1.807) is 23.1 Å². The van der Waals surface area contributed by atoms with Crippen LogP contribution in [-0.4, -0.2) is 75.1 Å². The van der Waals surface area contributed by atoms with Crippen molar-refractivity contribution in [1.82, 2.24) is 25.9 Å². The smallest absolute Gasteiger partial charge is 0.306 e. The third kappa shape index (κ3) is 5.71. The molecule has 2 amide bonds. The minimum atomic E-state index is -0.826. The standard InChI is InChI=1S/C24H30ClN7O4S/c1-12(33)27-16-9-14(8-15(10-16)22(34)32-6-4-13(5-7-32)23(35)36)21-30-31-24(37-21)28-19-3-2-18-17(20(19)25)11-26-29-18/h8-10,13,17-20,26,29H,2-7,11H2,1H3,(H,27,33)(H,28,31)(H,35,36). The van der Waals surface area contributed by atoms with Crippen LogP contribution in [0.25, 0.3) is 10.6 Å². The molecule has 3 heterocycles. The van der Waals surface area contributed by atoms with Gasteiger partial charge < -0.3 is 20.6 Å². The number of nitrogens with one attached hydrogen (secondary N) is 4. The molecule has 1 aromatic heterocycles. The van der Waals surface area contributed by atoms with Gasteiger partial charge in [-0.1, -0.05) is 11.3 Å². The van der Waals surface area contributed by atoms with Gasteiger partial charge in [-0.25, -0.2) is 0 Å². The summed E-state index contributed by atoms with van der Waals surface area (Å²) in [7, 11) is 0. The molecule has 2 aliphatic heterocycles. The first-order chi connectivity index (χ1) is 17.8. The van der Waals surface area contributed by atoms with Gasteiger partial charge in [-0.15, -0.1) is 21.8 Å². The van der Waals surface area contributed by atoms with Gasteiger partial charge in [0.1, 0.15) is 5.01 Å². The predicted octanol–water partition coefficient (Wildman–Crippen LogP) is 2.37. The molecule has 5 rings (SSSR count). The molecule has 0 radical (unpaired) electrons. The molecule has 0 bridgehead atoms. The van der Waals surface area contributed by atoms with Gasteiger partial charge in [0.15, 0.2) is 0 Å². The number of likely N-dealkylation sites (tertiary alicyclic amines) is 1. The number of nitrogens with zero attached hydrogens (tertiary/aromatic N) is 3. The minimum Gasteiger partial charge on any atom is -0.481 e. The second kappa shape index (κ2) is 10.9. The van der Waals surface area contributed by atoms with E-state index in [0.29, 0.717) is 64.8 Å². The molecule has 37 heavy (non-hydrogen) atoms. The molecular weight excluding hydrogens is 518 g/mol. The lowest BCUT2D eigenvalue weighted by Gasteiger charge is -2.35. The van der Waals surface area contributed by atoms with E-state index in [9.17, 15) is 19.5 Å². The van der Waals surface area contributed by atoms with E-state index in [2.05, 4.69) is 31.7 Å². The molecule has 3 aliphatic rings. The predicted molar refractivity (Wildman–Crippen MR) is 141 cm³/mol. The number of hydrogen-bond acceptors (Lipinski definition) is 9. The highest BCUT2D eigenvalue weighted by Crippen LogP contribution is 2.35. The summed E-state index contributed by atoms with van der Waals surface area (Å²) in [6.07, 6.45) is 2.76. The molecule has 13 heteroatoms. The van der Waals surface area contributed by atoms with E-state index in [0.717, 1.165) is 19.4 Å². The Morgan fingerprint density at radius 1 is 1.14 bits per heavy atom. The van der Waals surface area contributed by atoms with Crippen molar-refractivity contribution in [1.29, 1.82) is 0 Å². The van der Waals surface area contributed by atoms with Crippen molar-refractivity contribution in [2.75, 3.05) is 30.3 Å². The number of hydrogen-bond donors (Lipinski definition) is 5. The Bertz CT molecular complexity index is 1190. The third-order valence-electron chi connectivity index (χ3n) is 7.34. The van der Waals surface area contributed by atoms with Crippen LogP contribution in [-0.2, 0) is 9.59 Å². The fourth-order valence-electron chi connectivity index (χ4n) is 5.37. The minimum absolute atomic E-state index is 0.0498. The number of hydrazine groups is 1. The lowest BCUT2D eigenvalue weighted by atomic mass is 9.82. The number of piperidine rings is 1. The van der Waals surface area contributed by atoms with E-state index < -0.39 is 11.9 Å². The van der Waals surface area contributed by atoms with Gasteiger partial charge >= 0.3 is 5.97 Å². The molecule has 1 aliphatic carbocycles. The van der Waals surface area contributed by atoms with Gasteiger partial charge in [-0.2, -0.15) is 0 Å². The van der Waals surface area contributed by atoms with Crippen LogP contribution >= 0.6 is 22.9 Å². The first-order valence-electron chi connectivity index (χ1n) is 12.5. The molecule has 1 saturated carbocycles. The van der Waals surface area contributed by atoms with Gasteiger partial charge in [0.25, 0.3) is 5.91 Å². The summed E-state index contributed by atoms with van der Waals surface area (Å²) in [5.74, 6) is -1.38. The van der Waals surface area contributed by atoms with Crippen LogP contribution in [0.2, 0.25) is 0 Å². The second-order valence-corrected chi connectivity index (χ2v) is 11.3. The summed E-state index contributed by atoms with van der Waals surface area (Å²) in [5, 5.41) is 25.3. The zero-order chi connectivity index (χ0) is 26.1. The summed E-state index contributed by atoms with van der Waals surface area (Å²) >= 11 is 8.15. The molecule has 2 saturated heterocycles. The molecule has 0 spiro atoms. The number of anilines is 2. The number of carboxylic acid groups (broad SMARTS) is 1. The Labute approximate surface area is 223 Å². The van der Waals surface area contributed by atoms with E-state index in [4.69, 9.17) is 11.6 Å². The number of fused-ring (bicyclic) bond motifs is 1. The summed E-state index contributed by atoms with van der Waals surface area (Å²) in [6.45, 7) is 2.98. The van der Waals surface area contributed by atoms with Crippen LogP contribution in [0.1, 0.15) is 43.0 Å². The Kier molecular flexibility index (Phi) is 7.61. The topological polar surface area (TPSA) is 149 Å². The van der Waals surface area contributed by atoms with Gasteiger partial charge in [0.2, 0.25) is 11.0 Å². The largest absolute Gasteiger partial charge is 0.481 e. The van der Waals surface area contributed by atoms with E-state index >= 15 is 0 Å². The maximum absolute atomic E-state index is 13.3. The Morgan fingerprint density at radius 2 is 1.92 bits per heavy atom. The zero-order valence-corrected chi connectivity index (χ0v) is 21.9. The van der Waals surface area contributed by atoms with Crippen LogP contribution in [0, 0.1) is 11.8 Å². The molecule has 4 unspecified atom stereocenters. The fourth-order valence-corrected chi connectivity index (χ4v) is 6.61. The fraction of sp³-hybridized carbons (Fsp3) is 0.542. The summed E-state index contributed by atoms with van der Waals surface area (Å²) in [5.41, 5.74) is 8.03. The monoisotopic (exact) mass is 547 g/mol. The van der Waals surface area contributed by atoms with Crippen LogP contribution in [0.4, 0.5) is 10.8 Å². The quantitative estimate of drug-likeness (QED) is 0.344. The van der Waals surface area contributed by atoms with Gasteiger partial charge in [-0.05, 0) is 43.9 Å². The number of rotatable bonds is 6. The van der Waals surface area contributed by atoms with Crippen LogP contribution in [0.5, 0.6) is 0 Å². The summed E-state index contributed by atoms with van der Waals surface area (Å²) in [6, 6.07) is 5.60. The van der Waals surface area contributed by atoms with Gasteiger partial charge in [-0.3, -0.25) is 25.2 Å². The Morgan fingerprint density at radius 3 is 2.65 bits per heavy atom. The average molecular weight is 548 g/mol. The van der Waals surface area contributed by atoms with Crippen molar-refractivity contribution in [2.45, 2.75) is 50.1 Å². The lowest BCUT2D eigenvalue weighted by Crippen LogP contribution is -2.47. The zero-order valence-electron chi connectivity index (χ0n) is 20.4. The molecule has 198 valence electrons. The average Bonchev–Trinajstić information content (AvgIpc) is 3.55. The summed E-state index contributed by atoms with van der Waals surface area (Å²) < 4.78 is 0. The first-order valence-corrected chi connectivity index (χ1v) is 13.7. The summed E-state index contributed by atoms with van der Waals surface area (Å²) in [4.78, 5) is 38.0. The number of carbonyl (C=O) groups is 3. The van der Waals surface area contributed by atoms with Crippen molar-refractivity contribution in [3.8, 4) is 10.6 Å². The number of amides is 2. The molecule has 11 nitrogen and oxygen atoms in total.